The molecule has 3 saturated carbocycles. The highest BCUT2D eigenvalue weighted by molar-refractivity contribution is 6.47. The predicted octanol–water partition coefficient (Wildman–Crippen LogP) is 6.32. The number of hydrogen-bond donors (Lipinski definition) is 1. The van der Waals surface area contributed by atoms with Gasteiger partial charge in [-0.05, 0) is 102 Å². The first-order chi connectivity index (χ1) is 23.5. The molecule has 0 aromatic heterocycles. The number of hydrogen-bond acceptors (Lipinski definition) is 7. The Kier molecular flexibility index (Phi) is 10.4. The topological polar surface area (TPSA) is 104 Å². The van der Waals surface area contributed by atoms with Crippen LogP contribution in [-0.4, -0.2) is 90.3 Å². The zero-order chi connectivity index (χ0) is 36.1. The number of alkyl halides is 2. The van der Waals surface area contributed by atoms with Crippen LogP contribution in [0.3, 0.4) is 0 Å². The number of alkyl carbamates (subject to hydrolysis) is 1. The molecule has 274 valence electrons. The smallest absolute Gasteiger partial charge is 0.447 e. The lowest BCUT2D eigenvalue weighted by molar-refractivity contribution is -0.199. The number of carbonyl (C=O) groups is 2. The van der Waals surface area contributed by atoms with Crippen molar-refractivity contribution < 1.29 is 32.4 Å². The van der Waals surface area contributed by atoms with Crippen molar-refractivity contribution in [2.75, 3.05) is 26.2 Å². The Bertz CT molecular complexity index is 1450. The third kappa shape index (κ3) is 7.43. The summed E-state index contributed by atoms with van der Waals surface area (Å²) in [6.07, 6.45) is 4.83. The van der Waals surface area contributed by atoms with E-state index in [4.69, 9.17) is 14.0 Å². The zero-order valence-electron chi connectivity index (χ0n) is 30.7. The predicted molar refractivity (Wildman–Crippen MR) is 186 cm³/mol. The monoisotopic (exact) mass is 696 g/mol. The minimum absolute atomic E-state index is 0.00594. The van der Waals surface area contributed by atoms with E-state index in [9.17, 15) is 23.6 Å². The number of ether oxygens (including phenoxy) is 1. The number of carbonyl (C=O) groups excluding carboxylic acids is 2. The third-order valence-corrected chi connectivity index (χ3v) is 13.0. The lowest BCUT2D eigenvalue weighted by atomic mass is 9.43. The molecule has 1 aromatic rings. The van der Waals surface area contributed by atoms with Gasteiger partial charge >= 0.3 is 13.2 Å². The molecule has 3 aliphatic carbocycles. The van der Waals surface area contributed by atoms with Crippen molar-refractivity contribution in [1.82, 2.24) is 15.1 Å². The van der Waals surface area contributed by atoms with Gasteiger partial charge in [0.25, 0.3) is 5.92 Å². The van der Waals surface area contributed by atoms with Crippen molar-refractivity contribution in [3.8, 4) is 6.07 Å². The van der Waals surface area contributed by atoms with E-state index in [1.807, 2.05) is 20.8 Å². The first-order valence-corrected chi connectivity index (χ1v) is 18.7. The number of aryl methyl sites for hydroxylation is 1. The van der Waals surface area contributed by atoms with E-state index in [1.165, 1.54) is 0 Å². The van der Waals surface area contributed by atoms with Crippen LogP contribution in [0.5, 0.6) is 0 Å². The highest BCUT2D eigenvalue weighted by Gasteiger charge is 2.68. The summed E-state index contributed by atoms with van der Waals surface area (Å²) in [5.74, 6) is -3.39. The number of rotatable bonds is 11. The molecule has 7 rings (SSSR count). The summed E-state index contributed by atoms with van der Waals surface area (Å²) in [7, 11) is -0.630. The Labute approximate surface area is 296 Å². The Morgan fingerprint density at radius 3 is 2.56 bits per heavy atom. The SMILES string of the molecule is Cc1ccc(C[C@H](NC(=O)OC[C@H]2CCCCN2C(=O)C(C#N)CCC(C)(C)N2CCC(F)(F)C2)B2O[C@@H]3C[C@@H]4C[C@@H](C4(C)C)[C@]3(C)O2)cc1. The number of benzene rings is 1. The summed E-state index contributed by atoms with van der Waals surface area (Å²) in [5.41, 5.74) is 1.40. The second kappa shape index (κ2) is 14.0. The van der Waals surface area contributed by atoms with Crippen molar-refractivity contribution in [3.05, 3.63) is 35.4 Å². The van der Waals surface area contributed by atoms with Gasteiger partial charge in [0, 0.05) is 25.0 Å². The second-order valence-electron chi connectivity index (χ2n) is 17.1. The van der Waals surface area contributed by atoms with Crippen molar-refractivity contribution >= 4 is 19.1 Å². The Morgan fingerprint density at radius 1 is 1.16 bits per heavy atom. The fraction of sp³-hybridized carbons (Fsp3) is 0.763. The molecule has 3 aliphatic heterocycles. The van der Waals surface area contributed by atoms with Crippen molar-refractivity contribution in [1.29, 1.82) is 5.26 Å². The van der Waals surface area contributed by atoms with Gasteiger partial charge in [-0.1, -0.05) is 43.7 Å². The molecular weight excluding hydrogens is 641 g/mol. The van der Waals surface area contributed by atoms with Crippen LogP contribution in [0.15, 0.2) is 24.3 Å². The van der Waals surface area contributed by atoms with Crippen molar-refractivity contribution in [2.24, 2.45) is 23.2 Å². The lowest BCUT2D eigenvalue weighted by Crippen LogP contribution is -2.65. The number of nitriles is 1. The molecule has 1 unspecified atom stereocenters. The van der Waals surface area contributed by atoms with Crippen LogP contribution >= 0.6 is 0 Å². The molecule has 0 spiro atoms. The lowest BCUT2D eigenvalue weighted by Gasteiger charge is -2.64. The fourth-order valence-corrected chi connectivity index (χ4v) is 9.45. The zero-order valence-corrected chi connectivity index (χ0v) is 30.7. The second-order valence-corrected chi connectivity index (χ2v) is 17.1. The van der Waals surface area contributed by atoms with Crippen molar-refractivity contribution in [3.63, 3.8) is 0 Å². The first kappa shape index (κ1) is 37.0. The Hall–Kier alpha value is -2.75. The van der Waals surface area contributed by atoms with Gasteiger partial charge in [-0.15, -0.1) is 0 Å². The van der Waals surface area contributed by atoms with E-state index in [0.717, 1.165) is 36.8 Å². The number of amides is 2. The highest BCUT2D eigenvalue weighted by Crippen LogP contribution is 2.65. The summed E-state index contributed by atoms with van der Waals surface area (Å²) in [5, 5.41) is 13.1. The summed E-state index contributed by atoms with van der Waals surface area (Å²) in [6.45, 7) is 13.1. The molecule has 6 fully saturated rings. The molecule has 1 aromatic carbocycles. The molecule has 7 atom stereocenters. The summed E-state index contributed by atoms with van der Waals surface area (Å²) in [4.78, 5) is 30.6. The maximum Gasteiger partial charge on any atom is 0.482 e. The largest absolute Gasteiger partial charge is 0.482 e. The van der Waals surface area contributed by atoms with Gasteiger partial charge < -0.3 is 24.3 Å². The minimum Gasteiger partial charge on any atom is -0.447 e. The first-order valence-electron chi connectivity index (χ1n) is 18.7. The van der Waals surface area contributed by atoms with E-state index >= 15 is 0 Å². The van der Waals surface area contributed by atoms with Gasteiger partial charge in [-0.25, -0.2) is 13.6 Å². The normalized spacial score (nSPS) is 31.3. The number of nitrogens with zero attached hydrogens (tertiary/aromatic N) is 3. The van der Waals surface area contributed by atoms with E-state index in [2.05, 4.69) is 56.4 Å². The average Bonchev–Trinajstić information content (AvgIpc) is 3.63. The summed E-state index contributed by atoms with van der Waals surface area (Å²) in [6, 6.07) is 10.0. The maximum absolute atomic E-state index is 13.9. The molecule has 3 saturated heterocycles. The molecule has 2 bridgehead atoms. The molecule has 0 radical (unpaired) electrons. The van der Waals surface area contributed by atoms with E-state index in [-0.39, 0.29) is 49.5 Å². The molecule has 12 heteroatoms. The third-order valence-electron chi connectivity index (χ3n) is 13.0. The molecule has 3 heterocycles. The number of likely N-dealkylation sites (tertiary alicyclic amines) is 2. The highest BCUT2D eigenvalue weighted by atomic mass is 19.3. The number of nitrogens with one attached hydrogen (secondary N) is 1. The maximum atomic E-state index is 13.9. The summed E-state index contributed by atoms with van der Waals surface area (Å²) < 4.78 is 47.0. The molecular formula is C38H55BF2N4O5. The number of piperidine rings is 1. The average molecular weight is 697 g/mol. The fourth-order valence-electron chi connectivity index (χ4n) is 9.45. The van der Waals surface area contributed by atoms with Gasteiger partial charge in [0.1, 0.15) is 12.5 Å². The molecule has 6 aliphatic rings. The van der Waals surface area contributed by atoms with Crippen LogP contribution in [-0.2, 0) is 25.3 Å². The molecule has 9 nitrogen and oxygen atoms in total. The van der Waals surface area contributed by atoms with Crippen molar-refractivity contribution in [2.45, 2.75) is 134 Å². The van der Waals surface area contributed by atoms with E-state index in [1.54, 1.807) is 9.80 Å². The standard InChI is InChI=1S/C38H55BF2N4O5/c1-25-10-12-26(13-11-25)19-32(39-49-31-21-28-20-30(36(28,4)5)37(31,6)50-39)43-34(47)48-23-29-9-7-8-17-45(29)33(46)27(22-42)14-15-35(2,3)44-18-16-38(40,41)24-44/h10-13,27-32H,7-9,14-21,23-24H2,1-6H3,(H,43,47)/t27?,28-,29+,30-,31+,32-,37-/m0/s1. The molecule has 1 N–H and O–H groups in total. The van der Waals surface area contributed by atoms with Gasteiger partial charge in [-0.2, -0.15) is 5.26 Å². The van der Waals surface area contributed by atoms with Crippen LogP contribution in [0.4, 0.5) is 13.6 Å². The van der Waals surface area contributed by atoms with E-state index in [0.29, 0.717) is 44.2 Å². The quantitative estimate of drug-likeness (QED) is 0.270. The number of halogens is 2. The van der Waals surface area contributed by atoms with E-state index < -0.39 is 42.1 Å². The van der Waals surface area contributed by atoms with Crippen LogP contribution in [0, 0.1) is 41.4 Å². The summed E-state index contributed by atoms with van der Waals surface area (Å²) >= 11 is 0. The van der Waals surface area contributed by atoms with Gasteiger partial charge in [0.2, 0.25) is 5.91 Å². The van der Waals surface area contributed by atoms with Gasteiger partial charge in [-0.3, -0.25) is 9.69 Å². The van der Waals surface area contributed by atoms with Crippen LogP contribution < -0.4 is 5.32 Å². The Balaban J connectivity index is 1.07. The molecule has 50 heavy (non-hydrogen) atoms. The van der Waals surface area contributed by atoms with Gasteiger partial charge in [0.05, 0.1) is 36.3 Å². The molecule has 2 amide bonds. The van der Waals surface area contributed by atoms with Crippen LogP contribution in [0.25, 0.3) is 0 Å². The van der Waals surface area contributed by atoms with Crippen LogP contribution in [0.2, 0.25) is 0 Å². The van der Waals surface area contributed by atoms with Crippen LogP contribution in [0.1, 0.15) is 97.1 Å². The minimum atomic E-state index is -2.71. The van der Waals surface area contributed by atoms with Gasteiger partial charge in [0.15, 0.2) is 0 Å². The Morgan fingerprint density at radius 2 is 1.90 bits per heavy atom.